The fraction of sp³-hybridized carbons (Fsp3) is 0.174. The number of fused-ring (bicyclic) bond motifs is 20. The number of aryl methyl sites for hydroxylation is 2. The summed E-state index contributed by atoms with van der Waals surface area (Å²) in [6.07, 6.45) is 0.604. The molecule has 13 aromatic rings. The summed E-state index contributed by atoms with van der Waals surface area (Å²) in [7, 11) is -6.98. The number of hydrogen-bond donors (Lipinski definition) is 3. The number of carbonyl (C=O) groups excluding carboxylic acids is 2. The minimum Gasteiger partial charge on any atom is -0.748 e. The number of hydrogen-bond acceptors (Lipinski definition) is 18. The van der Waals surface area contributed by atoms with E-state index in [2.05, 4.69) is 33.4 Å². The first-order valence-corrected chi connectivity index (χ1v) is 42.7. The van der Waals surface area contributed by atoms with Gasteiger partial charge in [0.15, 0.2) is 9.84 Å². The number of aromatic nitrogens is 8. The van der Waals surface area contributed by atoms with E-state index in [4.69, 9.17) is 63.3 Å². The largest absolute Gasteiger partial charge is 2.00 e. The molecule has 4 N–H and O–H groups in total. The van der Waals surface area contributed by atoms with Crippen LogP contribution < -0.4 is 35.6 Å². The van der Waals surface area contributed by atoms with Gasteiger partial charge in [0.1, 0.15) is 22.9 Å². The summed E-state index contributed by atoms with van der Waals surface area (Å²) in [6, 6.07) is 73.1. The average molecular weight is 1660 g/mol. The number of sulfone groups is 1. The van der Waals surface area contributed by atoms with E-state index >= 15 is 0 Å². The molecule has 2 amide bonds. The molecule has 28 heteroatoms. The molecule has 1 fully saturated rings. The van der Waals surface area contributed by atoms with Gasteiger partial charge in [0.2, 0.25) is 0 Å². The summed E-state index contributed by atoms with van der Waals surface area (Å²) >= 11 is 4.68. The van der Waals surface area contributed by atoms with Gasteiger partial charge in [-0.05, 0) is 185 Å². The Balaban J connectivity index is 0.000000407. The number of guanidine groups is 1. The molecule has 1 radical (unpaired) electrons. The zero-order valence-corrected chi connectivity index (χ0v) is 68.1. The van der Waals surface area contributed by atoms with Crippen molar-refractivity contribution in [3.05, 3.63) is 247 Å². The van der Waals surface area contributed by atoms with Crippen LogP contribution in [0.25, 0.3) is 89.7 Å². The summed E-state index contributed by atoms with van der Waals surface area (Å²) in [5.41, 5.74) is 16.7. The molecule has 10 aromatic carbocycles. The van der Waals surface area contributed by atoms with E-state index in [9.17, 15) is 18.0 Å². The van der Waals surface area contributed by atoms with Crippen LogP contribution in [0.1, 0.15) is 59.5 Å². The topological polar surface area (TPSA) is 302 Å². The van der Waals surface area contributed by atoms with Crippen molar-refractivity contribution in [3.8, 4) is 57.1 Å². The van der Waals surface area contributed by atoms with Crippen molar-refractivity contribution in [3.63, 3.8) is 0 Å². The van der Waals surface area contributed by atoms with Crippen LogP contribution in [-0.4, -0.2) is 136 Å². The molecule has 1 saturated heterocycles. The van der Waals surface area contributed by atoms with Crippen molar-refractivity contribution in [2.24, 2.45) is 5.73 Å². The van der Waals surface area contributed by atoms with Gasteiger partial charge in [0, 0.05) is 142 Å². The Morgan fingerprint density at radius 1 is 0.526 bits per heavy atom. The molecular weight excluding hydrogens is 1580 g/mol. The van der Waals surface area contributed by atoms with E-state index in [-0.39, 0.29) is 40.4 Å². The van der Waals surface area contributed by atoms with Gasteiger partial charge in [0.05, 0.1) is 50.5 Å². The smallest absolute Gasteiger partial charge is 0.748 e. The van der Waals surface area contributed by atoms with E-state index in [1.807, 2.05) is 253 Å². The third kappa shape index (κ3) is 18.5. The molecule has 0 spiro atoms. The summed E-state index contributed by atoms with van der Waals surface area (Å²) < 4.78 is 58.6. The van der Waals surface area contributed by atoms with Crippen molar-refractivity contribution >= 4 is 134 Å². The molecule has 114 heavy (non-hydrogen) atoms. The molecule has 0 aliphatic carbocycles. The first kappa shape index (κ1) is 80.8. The Morgan fingerprint density at radius 2 is 0.965 bits per heavy atom. The maximum atomic E-state index is 13.4. The van der Waals surface area contributed by atoms with Crippen LogP contribution in [0.15, 0.2) is 254 Å². The van der Waals surface area contributed by atoms with E-state index in [1.54, 1.807) is 28.4 Å². The summed E-state index contributed by atoms with van der Waals surface area (Å²) in [6.45, 7) is 15.3. The van der Waals surface area contributed by atoms with Gasteiger partial charge in [-0.3, -0.25) is 15.3 Å². The molecule has 6 heterocycles. The second-order valence-corrected chi connectivity index (χ2v) is 33.6. The SMILES string of the molecule is CCN(CC)C(=O)c1ccc(Sc2cccc3c2-c2nc-3nc3[n-]c(nc4nc(nc5[n-]c(n2)c2cccc(Sc6ccccc6)c52)-c2cccc(Oc5ccc(N6CCS(=O)(=O)CC6)cc5)c2-4)c2cccc(Sc4ccc(C(=O)N(CC)CC)cc4)c32)cc1.CS(=O)(=O)[O-].Cc1ccccc1NC(N)=[NH+]c1ccccc1C.[Cu+2]. The number of nitrogens with two attached hydrogens (primary N) is 1. The minimum absolute atomic E-state index is 0. The standard InChI is InChI=1S/C70H57N11O5S4.C15H17N3.CH4O3S.Cu/c1-5-79(6-2)69(82)42-26-34-47(35-27-42)88-55-24-14-19-50-59(55)67-74-62(50)72-65-57-49(18-12-22-53(57)86-45-32-30-44(31-33-45)81-38-40-90(84,85)41-39-81)61(71-65)73-66-58-51(20-13-23-54(58)87-46-16-10-9-11-17-46)63(75-66)77-68-60-52(64(76-67)78-68)21-15-25-56(60)89-48-36-28-43(29-37-48)70(83)80(7-3)8-4;1-11-7-3-5-9-13(11)17-15(16)18-14-10-6-4-8-12(14)2;1-5(2,3)4;/h9-37H,5-8,38-41H2,1-4H3;3-10H,1-2H3,(H3,16,17,18);1H3,(H,2,3,4);/q-2;;;+2. The summed E-state index contributed by atoms with van der Waals surface area (Å²) in [5, 5.41) is 6.14. The van der Waals surface area contributed by atoms with E-state index in [1.165, 1.54) is 11.8 Å². The van der Waals surface area contributed by atoms with Gasteiger partial charge in [-0.15, -0.1) is 0 Å². The van der Waals surface area contributed by atoms with Crippen molar-refractivity contribution in [2.75, 3.05) is 67.2 Å². The van der Waals surface area contributed by atoms with Gasteiger partial charge in [0.25, 0.3) is 11.8 Å². The number of carbonyl (C=O) groups is 2. The Kier molecular flexibility index (Phi) is 25.1. The van der Waals surface area contributed by atoms with Crippen LogP contribution in [0.2, 0.25) is 0 Å². The first-order chi connectivity index (χ1) is 54.6. The Morgan fingerprint density at radius 3 is 1.48 bits per heavy atom. The van der Waals surface area contributed by atoms with Gasteiger partial charge in [-0.2, -0.15) is 0 Å². The average Bonchev–Trinajstić information content (AvgIpc) is 1.59. The number of benzene rings is 10. The molecule has 0 atom stereocenters. The number of anilines is 2. The van der Waals surface area contributed by atoms with Gasteiger partial charge >= 0.3 is 23.0 Å². The second-order valence-electron chi connectivity index (χ2n) is 26.6. The Hall–Kier alpha value is -11.2. The van der Waals surface area contributed by atoms with Crippen LogP contribution in [0.3, 0.4) is 0 Å². The zero-order valence-electron chi connectivity index (χ0n) is 63.1. The van der Waals surface area contributed by atoms with Crippen molar-refractivity contribution < 1.29 is 57.8 Å². The fourth-order valence-electron chi connectivity index (χ4n) is 13.2. The predicted octanol–water partition coefficient (Wildman–Crippen LogP) is 15.2. The van der Waals surface area contributed by atoms with E-state index in [0.29, 0.717) is 137 Å². The number of amides is 2. The van der Waals surface area contributed by atoms with Crippen molar-refractivity contribution in [1.82, 2.24) is 49.7 Å². The maximum Gasteiger partial charge on any atom is 2.00 e. The molecule has 22 nitrogen and oxygen atoms in total. The molecule has 581 valence electrons. The molecular formula is C86H78CuN14O8S5. The zero-order chi connectivity index (χ0) is 79.1. The maximum absolute atomic E-state index is 13.4. The van der Waals surface area contributed by atoms with Gasteiger partial charge in [-0.1, -0.05) is 138 Å². The molecule has 3 aliphatic heterocycles. The number of para-hydroxylation sites is 2. The monoisotopic (exact) mass is 1660 g/mol. The number of rotatable bonds is 17. The second kappa shape index (κ2) is 35.5. The first-order valence-electron chi connectivity index (χ1n) is 36.6. The van der Waals surface area contributed by atoms with Crippen molar-refractivity contribution in [2.45, 2.75) is 70.9 Å². The minimum atomic E-state index is -3.92. The van der Waals surface area contributed by atoms with E-state index in [0.717, 1.165) is 84.8 Å². The molecule has 8 bridgehead atoms. The Bertz CT molecular complexity index is 6210. The number of nitrogens with one attached hydrogen (secondary N) is 2. The van der Waals surface area contributed by atoms with Crippen LogP contribution in [0.5, 0.6) is 11.5 Å². The number of nitrogens with zero attached hydrogens (tertiary/aromatic N) is 11. The third-order valence-electron chi connectivity index (χ3n) is 19.0. The van der Waals surface area contributed by atoms with Crippen LogP contribution in [0, 0.1) is 13.8 Å². The Labute approximate surface area is 684 Å². The van der Waals surface area contributed by atoms with Crippen LogP contribution in [-0.2, 0) is 37.0 Å². The van der Waals surface area contributed by atoms with Crippen molar-refractivity contribution in [1.29, 1.82) is 0 Å². The molecule has 0 unspecified atom stereocenters. The molecule has 0 saturated carbocycles. The predicted molar refractivity (Wildman–Crippen MR) is 449 cm³/mol. The number of ether oxygens (including phenoxy) is 1. The summed E-state index contributed by atoms with van der Waals surface area (Å²) in [4.78, 5) is 84.1. The van der Waals surface area contributed by atoms with E-state index < -0.39 is 20.0 Å². The molecule has 3 aromatic heterocycles. The summed E-state index contributed by atoms with van der Waals surface area (Å²) in [5.74, 6) is 3.17. The quantitative estimate of drug-likeness (QED) is 0.0330. The molecule has 16 rings (SSSR count). The fourth-order valence-corrected chi connectivity index (χ4v) is 17.4. The van der Waals surface area contributed by atoms with Gasteiger partial charge in [-0.25, -0.2) is 37.1 Å². The van der Waals surface area contributed by atoms with Crippen LogP contribution in [0.4, 0.5) is 17.1 Å². The normalized spacial score (nSPS) is 12.8. The van der Waals surface area contributed by atoms with Crippen LogP contribution >= 0.6 is 35.3 Å². The van der Waals surface area contributed by atoms with Gasteiger partial charge < -0.3 is 53.9 Å². The molecule has 3 aliphatic rings. The third-order valence-corrected chi connectivity index (χ3v) is 23.8.